The van der Waals surface area contributed by atoms with Crippen LogP contribution in [0.3, 0.4) is 0 Å². The number of aryl methyl sites for hydroxylation is 1. The Morgan fingerprint density at radius 3 is 2.62 bits per heavy atom. The highest BCUT2D eigenvalue weighted by Crippen LogP contribution is 2.23. The zero-order valence-corrected chi connectivity index (χ0v) is 17.9. The summed E-state index contributed by atoms with van der Waals surface area (Å²) in [5.41, 5.74) is 2.41. The number of aldehydes is 1. The highest BCUT2D eigenvalue weighted by atomic mass is 16.5. The topological polar surface area (TPSA) is 58.2 Å². The summed E-state index contributed by atoms with van der Waals surface area (Å²) in [6.45, 7) is 8.86. The van der Waals surface area contributed by atoms with Gasteiger partial charge in [0.1, 0.15) is 17.9 Å². The molecule has 0 saturated heterocycles. The lowest BCUT2D eigenvalue weighted by Crippen LogP contribution is -2.27. The Morgan fingerprint density at radius 1 is 1.14 bits per heavy atom. The maximum atomic E-state index is 9.17. The monoisotopic (exact) mass is 395 g/mol. The minimum absolute atomic E-state index is 0.639. The molecular formula is C24H33N3O2. The van der Waals surface area contributed by atoms with Crippen LogP contribution in [0.5, 0.6) is 5.75 Å². The molecule has 1 N–H and O–H groups in total. The summed E-state index contributed by atoms with van der Waals surface area (Å²) < 4.78 is 5.97. The molecule has 29 heavy (non-hydrogen) atoms. The molecule has 0 saturated carbocycles. The van der Waals surface area contributed by atoms with Gasteiger partial charge in [-0.25, -0.2) is 4.98 Å². The number of fused-ring (bicyclic) bond motifs is 1. The van der Waals surface area contributed by atoms with Gasteiger partial charge >= 0.3 is 0 Å². The van der Waals surface area contributed by atoms with E-state index >= 15 is 0 Å². The number of nitrogens with zero attached hydrogens (tertiary/aromatic N) is 2. The van der Waals surface area contributed by atoms with Gasteiger partial charge in [0.05, 0.1) is 6.61 Å². The normalized spacial score (nSPS) is 10.3. The molecule has 0 unspecified atom stereocenters. The van der Waals surface area contributed by atoms with Crippen LogP contribution < -0.4 is 9.64 Å². The number of hydrogen-bond acceptors (Lipinski definition) is 4. The van der Waals surface area contributed by atoms with Gasteiger partial charge in [0.25, 0.3) is 0 Å². The molecule has 2 aromatic heterocycles. The lowest BCUT2D eigenvalue weighted by atomic mass is 10.2. The number of aromatic nitrogens is 2. The van der Waals surface area contributed by atoms with Gasteiger partial charge in [0.2, 0.25) is 0 Å². The maximum Gasteiger partial charge on any atom is 0.128 e. The van der Waals surface area contributed by atoms with Gasteiger partial charge in [0, 0.05) is 42.8 Å². The zero-order valence-electron chi connectivity index (χ0n) is 17.9. The molecule has 0 bridgehead atoms. The van der Waals surface area contributed by atoms with Crippen molar-refractivity contribution >= 4 is 23.0 Å². The summed E-state index contributed by atoms with van der Waals surface area (Å²) in [7, 11) is 0. The predicted molar refractivity (Wildman–Crippen MR) is 121 cm³/mol. The molecule has 2 heterocycles. The van der Waals surface area contributed by atoms with E-state index in [1.165, 1.54) is 23.8 Å². The first-order chi connectivity index (χ1) is 14.2. The van der Waals surface area contributed by atoms with Crippen molar-refractivity contribution in [1.82, 2.24) is 9.97 Å². The van der Waals surface area contributed by atoms with Gasteiger partial charge in [-0.1, -0.05) is 26.3 Å². The Kier molecular flexibility index (Phi) is 9.76. The molecule has 0 aliphatic carbocycles. The van der Waals surface area contributed by atoms with Crippen molar-refractivity contribution in [3.63, 3.8) is 0 Å². The van der Waals surface area contributed by atoms with Crippen LogP contribution in [0.1, 0.15) is 45.1 Å². The van der Waals surface area contributed by atoms with E-state index in [2.05, 4.69) is 46.9 Å². The van der Waals surface area contributed by atoms with E-state index in [4.69, 9.17) is 4.74 Å². The van der Waals surface area contributed by atoms with Gasteiger partial charge in [0.15, 0.2) is 0 Å². The molecule has 3 aromatic rings. The third kappa shape index (κ3) is 7.26. The number of unbranched alkanes of at least 4 members (excludes halogenated alkanes) is 1. The smallest absolute Gasteiger partial charge is 0.128 e. The van der Waals surface area contributed by atoms with Crippen molar-refractivity contribution in [3.05, 3.63) is 54.4 Å². The minimum atomic E-state index is 0.639. The number of anilines is 1. The highest BCUT2D eigenvalue weighted by molar-refractivity contribution is 5.84. The van der Waals surface area contributed by atoms with Crippen LogP contribution in [0, 0.1) is 6.92 Å². The summed E-state index contributed by atoms with van der Waals surface area (Å²) in [6, 6.07) is 12.3. The minimum Gasteiger partial charge on any atom is -0.494 e. The van der Waals surface area contributed by atoms with Crippen molar-refractivity contribution in [2.45, 2.75) is 46.5 Å². The molecule has 0 amide bonds. The summed E-state index contributed by atoms with van der Waals surface area (Å²) in [6.07, 6.45) is 8.76. The fraction of sp³-hybridized carbons (Fsp3) is 0.417. The number of H-pyrrole nitrogens is 1. The van der Waals surface area contributed by atoms with Crippen LogP contribution in [-0.2, 0) is 4.79 Å². The van der Waals surface area contributed by atoms with Crippen molar-refractivity contribution in [2.24, 2.45) is 0 Å². The molecule has 0 radical (unpaired) electrons. The number of benzene rings is 1. The van der Waals surface area contributed by atoms with Crippen LogP contribution in [0.2, 0.25) is 0 Å². The quantitative estimate of drug-likeness (QED) is 0.361. The number of rotatable bonds is 10. The van der Waals surface area contributed by atoms with Crippen LogP contribution in [-0.4, -0.2) is 36.0 Å². The van der Waals surface area contributed by atoms with Crippen LogP contribution in [0.4, 0.5) is 5.82 Å². The van der Waals surface area contributed by atoms with E-state index in [0.717, 1.165) is 42.9 Å². The second-order valence-electron chi connectivity index (χ2n) is 6.98. The molecule has 5 nitrogen and oxygen atoms in total. The number of pyridine rings is 1. The maximum absolute atomic E-state index is 9.17. The molecule has 1 aromatic carbocycles. The highest BCUT2D eigenvalue weighted by Gasteiger charge is 2.07. The lowest BCUT2D eigenvalue weighted by molar-refractivity contribution is -0.107. The summed E-state index contributed by atoms with van der Waals surface area (Å²) in [4.78, 5) is 19.3. The Morgan fingerprint density at radius 2 is 1.93 bits per heavy atom. The van der Waals surface area contributed by atoms with Gasteiger partial charge in [-0.2, -0.15) is 0 Å². The Bertz CT molecular complexity index is 846. The average molecular weight is 396 g/mol. The van der Waals surface area contributed by atoms with E-state index in [0.29, 0.717) is 13.0 Å². The van der Waals surface area contributed by atoms with Crippen LogP contribution in [0.25, 0.3) is 10.9 Å². The van der Waals surface area contributed by atoms with Gasteiger partial charge in [-0.3, -0.25) is 0 Å². The second-order valence-corrected chi connectivity index (χ2v) is 6.98. The number of carbonyl (C=O) groups is 1. The first-order valence-electron chi connectivity index (χ1n) is 10.5. The molecule has 156 valence electrons. The number of hydrogen-bond donors (Lipinski definition) is 1. The fourth-order valence-corrected chi connectivity index (χ4v) is 3.01. The van der Waals surface area contributed by atoms with Crippen molar-refractivity contribution in [1.29, 1.82) is 0 Å². The molecule has 0 aliphatic rings. The van der Waals surface area contributed by atoms with E-state index < -0.39 is 0 Å². The molecule has 0 spiro atoms. The summed E-state index contributed by atoms with van der Waals surface area (Å²) in [5, 5.41) is 1.23. The van der Waals surface area contributed by atoms with Crippen LogP contribution >= 0.6 is 0 Å². The number of nitrogens with one attached hydrogen (secondary N) is 1. The number of aromatic amines is 1. The van der Waals surface area contributed by atoms with E-state index in [9.17, 15) is 4.79 Å². The molecule has 5 heteroatoms. The largest absolute Gasteiger partial charge is 0.494 e. The van der Waals surface area contributed by atoms with Gasteiger partial charge < -0.3 is 19.4 Å². The summed E-state index contributed by atoms with van der Waals surface area (Å²) >= 11 is 0. The Hall–Kier alpha value is -2.82. The molecule has 0 atom stereocenters. The van der Waals surface area contributed by atoms with E-state index in [-0.39, 0.29) is 0 Å². The van der Waals surface area contributed by atoms with Crippen molar-refractivity contribution in [3.8, 4) is 5.75 Å². The van der Waals surface area contributed by atoms with Gasteiger partial charge in [-0.15, -0.1) is 0 Å². The number of carbonyl (C=O) groups excluding carboxylic acids is 1. The second kappa shape index (κ2) is 12.6. The molecule has 0 fully saturated rings. The third-order valence-corrected chi connectivity index (χ3v) is 4.62. The Balaban J connectivity index is 0.000000687. The zero-order chi connectivity index (χ0) is 20.9. The fourth-order valence-electron chi connectivity index (χ4n) is 3.01. The third-order valence-electron chi connectivity index (χ3n) is 4.62. The molecule has 3 rings (SSSR count). The SMILES string of the molecule is CCC=O.CCCCN(CCCOc1ccc2[nH]cc(C)c2c1)c1ccccn1. The van der Waals surface area contributed by atoms with Crippen molar-refractivity contribution < 1.29 is 9.53 Å². The first-order valence-corrected chi connectivity index (χ1v) is 10.5. The molecule has 0 aliphatic heterocycles. The van der Waals surface area contributed by atoms with Crippen molar-refractivity contribution in [2.75, 3.05) is 24.6 Å². The molecular weight excluding hydrogens is 362 g/mol. The summed E-state index contributed by atoms with van der Waals surface area (Å²) in [5.74, 6) is 1.99. The van der Waals surface area contributed by atoms with Gasteiger partial charge in [-0.05, 0) is 55.7 Å². The predicted octanol–water partition coefficient (Wildman–Crippen LogP) is 5.54. The van der Waals surface area contributed by atoms with E-state index in [1.54, 1.807) is 0 Å². The van der Waals surface area contributed by atoms with E-state index in [1.807, 2.05) is 37.5 Å². The number of ether oxygens (including phenoxy) is 1. The first kappa shape index (κ1) is 22.5. The standard InChI is InChI=1S/C21H27N3O.C3H6O/c1-3-4-12-24(21-8-5-6-11-22-21)13-7-14-25-18-9-10-20-19(15-18)17(2)16-23-20;1-2-3-4/h5-6,8-11,15-16,23H,3-4,7,12-14H2,1-2H3;3H,2H2,1H3. The Labute approximate surface area is 174 Å². The van der Waals surface area contributed by atoms with Crippen LogP contribution in [0.15, 0.2) is 48.8 Å². The average Bonchev–Trinajstić information content (AvgIpc) is 3.14. The lowest BCUT2D eigenvalue weighted by Gasteiger charge is -2.23.